The lowest BCUT2D eigenvalue weighted by atomic mass is 10.0. The van der Waals surface area contributed by atoms with Crippen LogP contribution in [0.2, 0.25) is 0 Å². The molecule has 1 saturated heterocycles. The van der Waals surface area contributed by atoms with E-state index < -0.39 is 0 Å². The van der Waals surface area contributed by atoms with Crippen LogP contribution in [0.5, 0.6) is 11.8 Å². The summed E-state index contributed by atoms with van der Waals surface area (Å²) in [5, 5.41) is 0. The predicted molar refractivity (Wildman–Crippen MR) is 95.0 cm³/mol. The van der Waals surface area contributed by atoms with E-state index in [2.05, 4.69) is 40.8 Å². The number of aromatic nitrogens is 2. The van der Waals surface area contributed by atoms with Gasteiger partial charge in [-0.3, -0.25) is 4.90 Å². The molecule has 0 N–H and O–H groups in total. The van der Waals surface area contributed by atoms with Crippen molar-refractivity contribution in [2.75, 3.05) is 27.3 Å². The summed E-state index contributed by atoms with van der Waals surface area (Å²) in [4.78, 5) is 11.6. The lowest BCUT2D eigenvalue weighted by molar-refractivity contribution is -0.0773. The Morgan fingerprint density at radius 2 is 1.56 bits per heavy atom. The summed E-state index contributed by atoms with van der Waals surface area (Å²) in [5.41, 5.74) is 1.14. The van der Waals surface area contributed by atoms with E-state index in [0.29, 0.717) is 17.6 Å². The summed E-state index contributed by atoms with van der Waals surface area (Å²) in [7, 11) is 3.20. The summed E-state index contributed by atoms with van der Waals surface area (Å²) >= 11 is 0. The summed E-state index contributed by atoms with van der Waals surface area (Å²) in [5.74, 6) is 1.66. The standard InChI is InChI=1S/C19H25N3O3/c1-13-11-22(12-14(2)25-13)18(15-8-6-5-7-9-15)19-20-16(23-3)10-17(21-19)24-4/h5-10,13-14,18H,11-12H2,1-4H3. The zero-order valence-corrected chi connectivity index (χ0v) is 15.2. The van der Waals surface area contributed by atoms with E-state index in [1.807, 2.05) is 18.2 Å². The molecule has 0 aliphatic carbocycles. The van der Waals surface area contributed by atoms with Crippen LogP contribution in [0.3, 0.4) is 0 Å². The van der Waals surface area contributed by atoms with Gasteiger partial charge in [-0.15, -0.1) is 0 Å². The predicted octanol–water partition coefficient (Wildman–Crippen LogP) is 2.69. The molecule has 1 aromatic heterocycles. The average Bonchev–Trinajstić information content (AvgIpc) is 2.61. The van der Waals surface area contributed by atoms with Gasteiger partial charge < -0.3 is 14.2 Å². The van der Waals surface area contributed by atoms with Crippen molar-refractivity contribution in [2.45, 2.75) is 32.1 Å². The Morgan fingerprint density at radius 3 is 2.08 bits per heavy atom. The number of ether oxygens (including phenoxy) is 3. The lowest BCUT2D eigenvalue weighted by Gasteiger charge is -2.39. The zero-order chi connectivity index (χ0) is 17.8. The normalized spacial score (nSPS) is 22.4. The Bertz CT molecular complexity index is 663. The van der Waals surface area contributed by atoms with Crippen LogP contribution in [0.4, 0.5) is 0 Å². The van der Waals surface area contributed by atoms with Crippen LogP contribution in [0, 0.1) is 0 Å². The van der Waals surface area contributed by atoms with Gasteiger partial charge >= 0.3 is 0 Å². The number of hydrogen-bond acceptors (Lipinski definition) is 6. The van der Waals surface area contributed by atoms with Crippen LogP contribution >= 0.6 is 0 Å². The third kappa shape index (κ3) is 4.08. The topological polar surface area (TPSA) is 56.7 Å². The first-order chi connectivity index (χ1) is 12.1. The van der Waals surface area contributed by atoms with E-state index in [1.165, 1.54) is 0 Å². The third-order valence-electron chi connectivity index (χ3n) is 4.29. The highest BCUT2D eigenvalue weighted by Gasteiger charge is 2.32. The van der Waals surface area contributed by atoms with Gasteiger partial charge in [0.1, 0.15) is 0 Å². The maximum absolute atomic E-state index is 5.90. The van der Waals surface area contributed by atoms with Crippen molar-refractivity contribution in [2.24, 2.45) is 0 Å². The molecule has 3 atom stereocenters. The molecular weight excluding hydrogens is 318 g/mol. The monoisotopic (exact) mass is 343 g/mol. The number of rotatable bonds is 5. The molecule has 25 heavy (non-hydrogen) atoms. The molecule has 0 amide bonds. The van der Waals surface area contributed by atoms with Crippen LogP contribution in [-0.2, 0) is 4.74 Å². The molecule has 3 unspecified atom stereocenters. The van der Waals surface area contributed by atoms with Gasteiger partial charge in [-0.2, -0.15) is 9.97 Å². The van der Waals surface area contributed by atoms with Crippen molar-refractivity contribution < 1.29 is 14.2 Å². The Morgan fingerprint density at radius 1 is 1.00 bits per heavy atom. The van der Waals surface area contributed by atoms with Gasteiger partial charge in [0, 0.05) is 13.1 Å². The summed E-state index contributed by atoms with van der Waals surface area (Å²) in [6, 6.07) is 11.9. The molecular formula is C19H25N3O3. The number of methoxy groups -OCH3 is 2. The maximum atomic E-state index is 5.90. The molecule has 6 nitrogen and oxygen atoms in total. The fraction of sp³-hybridized carbons (Fsp3) is 0.474. The number of morpholine rings is 1. The van der Waals surface area contributed by atoms with Crippen molar-refractivity contribution in [1.82, 2.24) is 14.9 Å². The molecule has 2 aromatic rings. The number of benzene rings is 1. The highest BCUT2D eigenvalue weighted by atomic mass is 16.5. The number of hydrogen-bond donors (Lipinski definition) is 0. The van der Waals surface area contributed by atoms with Crippen molar-refractivity contribution >= 4 is 0 Å². The van der Waals surface area contributed by atoms with Gasteiger partial charge in [0.2, 0.25) is 11.8 Å². The molecule has 1 fully saturated rings. The van der Waals surface area contributed by atoms with Gasteiger partial charge in [0.15, 0.2) is 5.82 Å². The van der Waals surface area contributed by atoms with Gasteiger partial charge in [0.05, 0.1) is 38.5 Å². The van der Waals surface area contributed by atoms with Crippen LogP contribution < -0.4 is 9.47 Å². The largest absolute Gasteiger partial charge is 0.481 e. The second-order valence-corrected chi connectivity index (χ2v) is 6.34. The molecule has 2 heterocycles. The van der Waals surface area contributed by atoms with Crippen LogP contribution in [0.1, 0.15) is 31.3 Å². The SMILES string of the molecule is COc1cc(OC)nc(C(c2ccccc2)N2CC(C)OC(C)C2)n1. The molecule has 134 valence electrons. The molecule has 0 spiro atoms. The van der Waals surface area contributed by atoms with E-state index in [9.17, 15) is 0 Å². The Labute approximate surface area is 148 Å². The molecule has 1 aromatic carbocycles. The fourth-order valence-corrected chi connectivity index (χ4v) is 3.34. The van der Waals surface area contributed by atoms with Crippen molar-refractivity contribution in [3.63, 3.8) is 0 Å². The van der Waals surface area contributed by atoms with Gasteiger partial charge in [-0.25, -0.2) is 0 Å². The second-order valence-electron chi connectivity index (χ2n) is 6.34. The van der Waals surface area contributed by atoms with E-state index >= 15 is 0 Å². The van der Waals surface area contributed by atoms with Gasteiger partial charge in [0.25, 0.3) is 0 Å². The third-order valence-corrected chi connectivity index (χ3v) is 4.29. The Balaban J connectivity index is 2.05. The highest BCUT2D eigenvalue weighted by molar-refractivity contribution is 5.29. The summed E-state index contributed by atoms with van der Waals surface area (Å²) in [6.45, 7) is 5.81. The van der Waals surface area contributed by atoms with E-state index in [4.69, 9.17) is 14.2 Å². The molecule has 0 saturated carbocycles. The first-order valence-electron chi connectivity index (χ1n) is 8.52. The average molecular weight is 343 g/mol. The molecule has 0 radical (unpaired) electrons. The molecule has 1 aliphatic heterocycles. The molecule has 0 bridgehead atoms. The fourth-order valence-electron chi connectivity index (χ4n) is 3.34. The van der Waals surface area contributed by atoms with Gasteiger partial charge in [-0.05, 0) is 19.4 Å². The highest BCUT2D eigenvalue weighted by Crippen LogP contribution is 2.31. The summed E-state index contributed by atoms with van der Waals surface area (Å²) in [6.07, 6.45) is 0.310. The smallest absolute Gasteiger partial charge is 0.220 e. The van der Waals surface area contributed by atoms with Gasteiger partial charge in [-0.1, -0.05) is 30.3 Å². The van der Waals surface area contributed by atoms with Crippen molar-refractivity contribution in [3.05, 3.63) is 47.8 Å². The molecule has 6 heteroatoms. The molecule has 1 aliphatic rings. The Hall–Kier alpha value is -2.18. The van der Waals surface area contributed by atoms with Crippen LogP contribution in [-0.4, -0.2) is 54.4 Å². The van der Waals surface area contributed by atoms with E-state index in [0.717, 1.165) is 18.7 Å². The first kappa shape index (κ1) is 17.6. The Kier molecular flexibility index (Phi) is 5.50. The number of nitrogens with zero attached hydrogens (tertiary/aromatic N) is 3. The van der Waals surface area contributed by atoms with Crippen molar-refractivity contribution in [3.8, 4) is 11.8 Å². The first-order valence-corrected chi connectivity index (χ1v) is 8.52. The summed E-state index contributed by atoms with van der Waals surface area (Å²) < 4.78 is 16.6. The minimum atomic E-state index is -0.0843. The van der Waals surface area contributed by atoms with E-state index in [-0.39, 0.29) is 18.2 Å². The van der Waals surface area contributed by atoms with Crippen LogP contribution in [0.15, 0.2) is 36.4 Å². The quantitative estimate of drug-likeness (QED) is 0.832. The zero-order valence-electron chi connectivity index (χ0n) is 15.2. The van der Waals surface area contributed by atoms with Crippen molar-refractivity contribution in [1.29, 1.82) is 0 Å². The molecule has 3 rings (SSSR count). The lowest BCUT2D eigenvalue weighted by Crippen LogP contribution is -2.47. The van der Waals surface area contributed by atoms with Crippen LogP contribution in [0.25, 0.3) is 0 Å². The second kappa shape index (κ2) is 7.80. The maximum Gasteiger partial charge on any atom is 0.220 e. The van der Waals surface area contributed by atoms with E-state index in [1.54, 1.807) is 20.3 Å². The minimum Gasteiger partial charge on any atom is -0.481 e. The minimum absolute atomic E-state index is 0.0843.